The van der Waals surface area contributed by atoms with E-state index < -0.39 is 34.5 Å². The fraction of sp³-hybridized carbons (Fsp3) is 0.188. The van der Waals surface area contributed by atoms with Gasteiger partial charge in [0.1, 0.15) is 12.4 Å². The SMILES string of the molecule is O=C(Cc1ccc(NS(=O)(=O)c2ccc(F)cc2)cc1)NCC(F)(F)F. The number of rotatable bonds is 6. The zero-order valence-corrected chi connectivity index (χ0v) is 14.0. The normalized spacial score (nSPS) is 11.8. The van der Waals surface area contributed by atoms with Gasteiger partial charge in [0.05, 0.1) is 11.3 Å². The van der Waals surface area contributed by atoms with E-state index in [1.165, 1.54) is 24.3 Å². The van der Waals surface area contributed by atoms with Crippen molar-refractivity contribution in [2.75, 3.05) is 11.3 Å². The highest BCUT2D eigenvalue weighted by atomic mass is 32.2. The van der Waals surface area contributed by atoms with Crippen LogP contribution >= 0.6 is 0 Å². The molecule has 0 radical (unpaired) electrons. The molecule has 10 heteroatoms. The molecule has 2 rings (SSSR count). The molecule has 5 nitrogen and oxygen atoms in total. The predicted octanol–water partition coefficient (Wildman–Crippen LogP) is 2.85. The average Bonchev–Trinajstić information content (AvgIpc) is 2.54. The summed E-state index contributed by atoms with van der Waals surface area (Å²) in [4.78, 5) is 11.3. The van der Waals surface area contributed by atoms with Gasteiger partial charge in [0.2, 0.25) is 5.91 Å². The largest absolute Gasteiger partial charge is 0.405 e. The van der Waals surface area contributed by atoms with Gasteiger partial charge in [-0.05, 0) is 42.0 Å². The number of nitrogens with one attached hydrogen (secondary N) is 2. The molecule has 0 unspecified atom stereocenters. The number of benzene rings is 2. The first-order chi connectivity index (χ1) is 12.0. The number of hydrogen-bond acceptors (Lipinski definition) is 3. The molecule has 2 N–H and O–H groups in total. The summed E-state index contributed by atoms with van der Waals surface area (Å²) in [7, 11) is -3.91. The third-order valence-electron chi connectivity index (χ3n) is 3.18. The number of sulfonamides is 1. The number of hydrogen-bond donors (Lipinski definition) is 2. The van der Waals surface area contributed by atoms with Gasteiger partial charge in [0.25, 0.3) is 10.0 Å². The highest BCUT2D eigenvalue weighted by molar-refractivity contribution is 7.92. The summed E-state index contributed by atoms with van der Waals surface area (Å²) >= 11 is 0. The number of anilines is 1. The third-order valence-corrected chi connectivity index (χ3v) is 4.58. The standard InChI is InChI=1S/C16H14F4N2O3S/c17-12-3-7-14(8-4-12)26(24,25)22-13-5-1-11(2-6-13)9-15(23)21-10-16(18,19)20/h1-8,22H,9-10H2,(H,21,23). The lowest BCUT2D eigenvalue weighted by Crippen LogP contribution is -2.34. The molecule has 0 fully saturated rings. The summed E-state index contributed by atoms with van der Waals surface area (Å²) in [6.45, 7) is -1.42. The molecule has 0 spiro atoms. The van der Waals surface area contributed by atoms with Crippen LogP contribution in [-0.4, -0.2) is 27.0 Å². The van der Waals surface area contributed by atoms with Crippen molar-refractivity contribution >= 4 is 21.6 Å². The van der Waals surface area contributed by atoms with Gasteiger partial charge < -0.3 is 5.32 Å². The van der Waals surface area contributed by atoms with E-state index in [0.717, 1.165) is 24.3 Å². The molecule has 140 valence electrons. The Labute approximate surface area is 147 Å². The Morgan fingerprint density at radius 2 is 1.54 bits per heavy atom. The van der Waals surface area contributed by atoms with E-state index >= 15 is 0 Å². The number of carbonyl (C=O) groups is 1. The lowest BCUT2D eigenvalue weighted by molar-refractivity contribution is -0.138. The summed E-state index contributed by atoms with van der Waals surface area (Å²) in [6, 6.07) is 9.80. The smallest absolute Gasteiger partial charge is 0.347 e. The molecule has 0 aromatic heterocycles. The van der Waals surface area contributed by atoms with Crippen LogP contribution in [0.15, 0.2) is 53.4 Å². The van der Waals surface area contributed by atoms with Crippen molar-refractivity contribution < 1.29 is 30.8 Å². The first-order valence-corrected chi connectivity index (χ1v) is 8.74. The molecule has 2 aromatic rings. The Hall–Kier alpha value is -2.62. The van der Waals surface area contributed by atoms with Gasteiger partial charge in [-0.1, -0.05) is 12.1 Å². The fourth-order valence-electron chi connectivity index (χ4n) is 1.97. The van der Waals surface area contributed by atoms with Gasteiger partial charge in [-0.25, -0.2) is 12.8 Å². The number of halogens is 4. The molecule has 0 aliphatic heterocycles. The van der Waals surface area contributed by atoms with E-state index in [1.54, 1.807) is 5.32 Å². The molecule has 0 aliphatic rings. The van der Waals surface area contributed by atoms with Crippen LogP contribution in [0.1, 0.15) is 5.56 Å². The second-order valence-corrected chi connectivity index (χ2v) is 7.01. The summed E-state index contributed by atoms with van der Waals surface area (Å²) in [5.74, 6) is -1.38. The van der Waals surface area contributed by atoms with Crippen LogP contribution in [0.25, 0.3) is 0 Å². The molecule has 0 saturated heterocycles. The van der Waals surface area contributed by atoms with Crippen molar-refractivity contribution in [3.05, 3.63) is 59.9 Å². The van der Waals surface area contributed by atoms with Gasteiger partial charge in [-0.15, -0.1) is 0 Å². The monoisotopic (exact) mass is 390 g/mol. The fourth-order valence-corrected chi connectivity index (χ4v) is 3.02. The molecule has 26 heavy (non-hydrogen) atoms. The summed E-state index contributed by atoms with van der Waals surface area (Å²) in [5.41, 5.74) is 0.600. The first-order valence-electron chi connectivity index (χ1n) is 7.26. The second kappa shape index (κ2) is 7.73. The van der Waals surface area contributed by atoms with Crippen molar-refractivity contribution in [3.8, 4) is 0 Å². The number of amides is 1. The maximum atomic E-state index is 12.9. The maximum Gasteiger partial charge on any atom is 0.405 e. The highest BCUT2D eigenvalue weighted by Crippen LogP contribution is 2.17. The third kappa shape index (κ3) is 6.03. The molecule has 0 saturated carbocycles. The Kier molecular flexibility index (Phi) is 5.86. The topological polar surface area (TPSA) is 75.3 Å². The first kappa shape index (κ1) is 19.7. The minimum absolute atomic E-state index is 0.130. The van der Waals surface area contributed by atoms with Crippen LogP contribution in [0, 0.1) is 5.82 Å². The highest BCUT2D eigenvalue weighted by Gasteiger charge is 2.27. The Bertz CT molecular complexity index is 864. The van der Waals surface area contributed by atoms with Gasteiger partial charge in [0, 0.05) is 5.69 Å². The number of carbonyl (C=O) groups excluding carboxylic acids is 1. The zero-order chi connectivity index (χ0) is 19.4. The van der Waals surface area contributed by atoms with Gasteiger partial charge in [-0.3, -0.25) is 9.52 Å². The van der Waals surface area contributed by atoms with Crippen LogP contribution in [0.4, 0.5) is 23.2 Å². The second-order valence-electron chi connectivity index (χ2n) is 5.33. The average molecular weight is 390 g/mol. The van der Waals surface area contributed by atoms with E-state index in [9.17, 15) is 30.8 Å². The molecule has 2 aromatic carbocycles. The summed E-state index contributed by atoms with van der Waals surface area (Å²) in [6.07, 6.45) is -4.76. The van der Waals surface area contributed by atoms with Crippen LogP contribution in [0.3, 0.4) is 0 Å². The van der Waals surface area contributed by atoms with Gasteiger partial charge in [0.15, 0.2) is 0 Å². The van der Waals surface area contributed by atoms with Crippen molar-refractivity contribution in [2.45, 2.75) is 17.5 Å². The van der Waals surface area contributed by atoms with Crippen LogP contribution < -0.4 is 10.0 Å². The van der Waals surface area contributed by atoms with Crippen molar-refractivity contribution in [1.29, 1.82) is 0 Å². The molecule has 0 bridgehead atoms. The number of alkyl halides is 3. The minimum Gasteiger partial charge on any atom is -0.347 e. The molecular formula is C16H14F4N2O3S. The van der Waals surface area contributed by atoms with E-state index in [0.29, 0.717) is 5.56 Å². The van der Waals surface area contributed by atoms with E-state index in [2.05, 4.69) is 4.72 Å². The lowest BCUT2D eigenvalue weighted by Gasteiger charge is -2.10. The van der Waals surface area contributed by atoms with Crippen LogP contribution in [-0.2, 0) is 21.2 Å². The molecule has 1 amide bonds. The maximum absolute atomic E-state index is 12.9. The predicted molar refractivity (Wildman–Crippen MR) is 86.4 cm³/mol. The Morgan fingerprint density at radius 3 is 2.08 bits per heavy atom. The van der Waals surface area contributed by atoms with Crippen LogP contribution in [0.5, 0.6) is 0 Å². The van der Waals surface area contributed by atoms with Crippen LogP contribution in [0.2, 0.25) is 0 Å². The van der Waals surface area contributed by atoms with E-state index in [4.69, 9.17) is 0 Å². The van der Waals surface area contributed by atoms with Gasteiger partial charge in [-0.2, -0.15) is 13.2 Å². The van der Waals surface area contributed by atoms with Gasteiger partial charge >= 0.3 is 6.18 Å². The summed E-state index contributed by atoms with van der Waals surface area (Å²) < 4.78 is 75.5. The molecule has 0 atom stereocenters. The lowest BCUT2D eigenvalue weighted by atomic mass is 10.1. The Morgan fingerprint density at radius 1 is 0.962 bits per heavy atom. The van der Waals surface area contributed by atoms with Crippen molar-refractivity contribution in [1.82, 2.24) is 5.32 Å². The van der Waals surface area contributed by atoms with Crippen molar-refractivity contribution in [3.63, 3.8) is 0 Å². The van der Waals surface area contributed by atoms with E-state index in [1.807, 2.05) is 0 Å². The van der Waals surface area contributed by atoms with Crippen molar-refractivity contribution in [2.24, 2.45) is 0 Å². The quantitative estimate of drug-likeness (QED) is 0.745. The summed E-state index contributed by atoms with van der Waals surface area (Å²) in [5, 5.41) is 1.74. The van der Waals surface area contributed by atoms with E-state index in [-0.39, 0.29) is 17.0 Å². The minimum atomic E-state index is -4.49. The Balaban J connectivity index is 1.99. The molecule has 0 aliphatic carbocycles. The molecule has 0 heterocycles. The zero-order valence-electron chi connectivity index (χ0n) is 13.2. The molecular weight excluding hydrogens is 376 g/mol.